The fourth-order valence-electron chi connectivity index (χ4n) is 1.81. The molecule has 0 unspecified atom stereocenters. The normalized spacial score (nSPS) is 10.4. The molecule has 120 valence electrons. The van der Waals surface area contributed by atoms with Crippen LogP contribution >= 0.6 is 0 Å². The van der Waals surface area contributed by atoms with Crippen LogP contribution in [0.5, 0.6) is 11.5 Å². The lowest BCUT2D eigenvalue weighted by molar-refractivity contribution is -0.385. The van der Waals surface area contributed by atoms with E-state index in [1.54, 1.807) is 6.92 Å². The predicted octanol–water partition coefficient (Wildman–Crippen LogP) is 3.72. The van der Waals surface area contributed by atoms with E-state index in [0.29, 0.717) is 5.56 Å². The summed E-state index contributed by atoms with van der Waals surface area (Å²) >= 11 is 0. The van der Waals surface area contributed by atoms with E-state index in [1.165, 1.54) is 36.4 Å². The summed E-state index contributed by atoms with van der Waals surface area (Å²) in [5.74, 6) is -1.35. The van der Waals surface area contributed by atoms with Crippen LogP contribution in [0.3, 0.4) is 0 Å². The van der Waals surface area contributed by atoms with Gasteiger partial charge in [-0.05, 0) is 36.8 Å². The molecule has 2 aromatic rings. The van der Waals surface area contributed by atoms with Crippen molar-refractivity contribution in [3.8, 4) is 11.5 Å². The minimum Gasteiger partial charge on any atom is -0.435 e. The molecule has 0 aliphatic carbocycles. The molecule has 0 spiro atoms. The first-order chi connectivity index (χ1) is 10.9. The summed E-state index contributed by atoms with van der Waals surface area (Å²) in [4.78, 5) is 22.3. The van der Waals surface area contributed by atoms with Crippen LogP contribution in [-0.2, 0) is 0 Å². The lowest BCUT2D eigenvalue weighted by atomic mass is 10.2. The van der Waals surface area contributed by atoms with Crippen molar-refractivity contribution in [2.75, 3.05) is 0 Å². The van der Waals surface area contributed by atoms with Crippen LogP contribution in [0.4, 0.5) is 14.5 Å². The summed E-state index contributed by atoms with van der Waals surface area (Å²) in [7, 11) is 0. The quantitative estimate of drug-likeness (QED) is 0.362. The molecule has 0 amide bonds. The molecule has 2 aromatic carbocycles. The van der Waals surface area contributed by atoms with Gasteiger partial charge in [-0.15, -0.1) is 0 Å². The maximum atomic E-state index is 12.2. The second-order valence-corrected chi connectivity index (χ2v) is 4.52. The molecule has 23 heavy (non-hydrogen) atoms. The first-order valence-electron chi connectivity index (χ1n) is 6.39. The predicted molar refractivity (Wildman–Crippen MR) is 75.9 cm³/mol. The fourth-order valence-corrected chi connectivity index (χ4v) is 1.81. The summed E-state index contributed by atoms with van der Waals surface area (Å²) in [6.45, 7) is -1.35. The molecule has 0 N–H and O–H groups in total. The summed E-state index contributed by atoms with van der Waals surface area (Å²) in [5.41, 5.74) is 0.219. The van der Waals surface area contributed by atoms with E-state index in [-0.39, 0.29) is 22.7 Å². The second kappa shape index (κ2) is 6.82. The van der Waals surface area contributed by atoms with Crippen molar-refractivity contribution >= 4 is 11.7 Å². The van der Waals surface area contributed by atoms with Gasteiger partial charge >= 0.3 is 18.3 Å². The van der Waals surface area contributed by atoms with Crippen LogP contribution in [0.1, 0.15) is 15.9 Å². The summed E-state index contributed by atoms with van der Waals surface area (Å²) in [6.07, 6.45) is 0. The fraction of sp³-hybridized carbons (Fsp3) is 0.133. The number of nitrogens with zero attached hydrogens (tertiary/aromatic N) is 1. The van der Waals surface area contributed by atoms with Gasteiger partial charge in [0, 0.05) is 6.07 Å². The number of nitro groups is 1. The molecular weight excluding hydrogens is 312 g/mol. The number of hydrogen-bond donors (Lipinski definition) is 0. The van der Waals surface area contributed by atoms with E-state index in [0.717, 1.165) is 6.07 Å². The number of esters is 1. The molecule has 0 aliphatic heterocycles. The number of hydrogen-bond acceptors (Lipinski definition) is 5. The molecule has 0 aromatic heterocycles. The molecule has 2 rings (SSSR count). The number of nitro benzene ring substituents is 1. The van der Waals surface area contributed by atoms with Crippen molar-refractivity contribution in [1.82, 2.24) is 0 Å². The van der Waals surface area contributed by atoms with Gasteiger partial charge in [0.1, 0.15) is 5.75 Å². The van der Waals surface area contributed by atoms with E-state index in [1.807, 2.05) is 0 Å². The van der Waals surface area contributed by atoms with Crippen molar-refractivity contribution in [2.45, 2.75) is 13.5 Å². The standard InChI is InChI=1S/C15H11F2NO5/c1-9-5-6-12(18(20)21)13(7-9)23-14(19)10-3-2-4-11(8-10)22-15(16)17/h2-8,15H,1H3. The third kappa shape index (κ3) is 4.22. The molecule has 0 heterocycles. The Hall–Kier alpha value is -3.03. The first-order valence-corrected chi connectivity index (χ1v) is 6.39. The highest BCUT2D eigenvalue weighted by Gasteiger charge is 2.19. The van der Waals surface area contributed by atoms with E-state index < -0.39 is 17.5 Å². The topological polar surface area (TPSA) is 78.7 Å². The number of ether oxygens (including phenoxy) is 2. The number of benzene rings is 2. The van der Waals surface area contributed by atoms with E-state index in [2.05, 4.69) is 4.74 Å². The van der Waals surface area contributed by atoms with Gasteiger partial charge in [-0.25, -0.2) is 4.79 Å². The number of alkyl halides is 2. The maximum absolute atomic E-state index is 12.2. The number of aryl methyl sites for hydroxylation is 1. The van der Waals surface area contributed by atoms with Gasteiger partial charge in [-0.1, -0.05) is 12.1 Å². The second-order valence-electron chi connectivity index (χ2n) is 4.52. The average molecular weight is 323 g/mol. The zero-order valence-electron chi connectivity index (χ0n) is 11.9. The Morgan fingerprint density at radius 2 is 1.96 bits per heavy atom. The third-order valence-corrected chi connectivity index (χ3v) is 2.81. The molecule has 0 saturated heterocycles. The third-order valence-electron chi connectivity index (χ3n) is 2.81. The smallest absolute Gasteiger partial charge is 0.387 e. The van der Waals surface area contributed by atoms with E-state index in [9.17, 15) is 23.7 Å². The van der Waals surface area contributed by atoms with Crippen LogP contribution in [0.25, 0.3) is 0 Å². The van der Waals surface area contributed by atoms with Crippen molar-refractivity contribution < 1.29 is 28.0 Å². The molecule has 0 bridgehead atoms. The lowest BCUT2D eigenvalue weighted by Crippen LogP contribution is -2.10. The molecule has 0 saturated carbocycles. The van der Waals surface area contributed by atoms with Gasteiger partial charge in [0.15, 0.2) is 0 Å². The molecule has 6 nitrogen and oxygen atoms in total. The zero-order valence-corrected chi connectivity index (χ0v) is 11.9. The van der Waals surface area contributed by atoms with Gasteiger partial charge in [0.2, 0.25) is 5.75 Å². The largest absolute Gasteiger partial charge is 0.435 e. The Morgan fingerprint density at radius 1 is 1.22 bits per heavy atom. The van der Waals surface area contributed by atoms with Crippen LogP contribution in [0, 0.1) is 17.0 Å². The molecule has 0 atom stereocenters. The Bertz CT molecular complexity index is 748. The summed E-state index contributed by atoms with van der Waals surface area (Å²) in [6, 6.07) is 9.03. The summed E-state index contributed by atoms with van der Waals surface area (Å²) < 4.78 is 33.5. The number of halogens is 2. The molecule has 0 fully saturated rings. The van der Waals surface area contributed by atoms with Crippen LogP contribution < -0.4 is 9.47 Å². The SMILES string of the molecule is Cc1ccc([N+](=O)[O-])c(OC(=O)c2cccc(OC(F)F)c2)c1. The monoisotopic (exact) mass is 323 g/mol. The van der Waals surface area contributed by atoms with Crippen LogP contribution in [-0.4, -0.2) is 17.5 Å². The van der Waals surface area contributed by atoms with Gasteiger partial charge in [-0.2, -0.15) is 8.78 Å². The number of rotatable bonds is 5. The Balaban J connectivity index is 2.26. The van der Waals surface area contributed by atoms with E-state index in [4.69, 9.17) is 4.74 Å². The van der Waals surface area contributed by atoms with E-state index >= 15 is 0 Å². The Labute approximate surface area is 129 Å². The minimum atomic E-state index is -3.03. The maximum Gasteiger partial charge on any atom is 0.387 e. The van der Waals surface area contributed by atoms with Crippen molar-refractivity contribution in [2.24, 2.45) is 0 Å². The zero-order chi connectivity index (χ0) is 17.0. The molecule has 0 aliphatic rings. The van der Waals surface area contributed by atoms with Gasteiger partial charge in [0.25, 0.3) is 0 Å². The molecule has 0 radical (unpaired) electrons. The minimum absolute atomic E-state index is 0.0704. The van der Waals surface area contributed by atoms with Gasteiger partial charge < -0.3 is 9.47 Å². The van der Waals surface area contributed by atoms with Crippen LogP contribution in [0.2, 0.25) is 0 Å². The van der Waals surface area contributed by atoms with Gasteiger partial charge in [-0.3, -0.25) is 10.1 Å². The average Bonchev–Trinajstić information content (AvgIpc) is 2.46. The first kappa shape index (κ1) is 16.3. The Kier molecular flexibility index (Phi) is 4.85. The highest BCUT2D eigenvalue weighted by atomic mass is 19.3. The van der Waals surface area contributed by atoms with Crippen molar-refractivity contribution in [3.63, 3.8) is 0 Å². The number of carbonyl (C=O) groups excluding carboxylic acids is 1. The van der Waals surface area contributed by atoms with Crippen LogP contribution in [0.15, 0.2) is 42.5 Å². The molecule has 8 heteroatoms. The van der Waals surface area contributed by atoms with Crippen molar-refractivity contribution in [1.29, 1.82) is 0 Å². The Morgan fingerprint density at radius 3 is 2.61 bits per heavy atom. The highest BCUT2D eigenvalue weighted by molar-refractivity contribution is 5.92. The van der Waals surface area contributed by atoms with Gasteiger partial charge in [0.05, 0.1) is 10.5 Å². The lowest BCUT2D eigenvalue weighted by Gasteiger charge is -2.08. The molecular formula is C15H11F2NO5. The highest BCUT2D eigenvalue weighted by Crippen LogP contribution is 2.29. The summed E-state index contributed by atoms with van der Waals surface area (Å²) in [5, 5.41) is 10.9. The number of carbonyl (C=O) groups is 1. The van der Waals surface area contributed by atoms with Crippen molar-refractivity contribution in [3.05, 3.63) is 63.7 Å².